The van der Waals surface area contributed by atoms with Crippen molar-refractivity contribution >= 4 is 5.97 Å². The maximum absolute atomic E-state index is 10.4. The molecule has 0 unspecified atom stereocenters. The molecule has 1 rings (SSSR count). The van der Waals surface area contributed by atoms with Crippen LogP contribution in [0.3, 0.4) is 0 Å². The first-order chi connectivity index (χ1) is 6.50. The van der Waals surface area contributed by atoms with Gasteiger partial charge in [-0.05, 0) is 24.1 Å². The molecule has 84 valence electrons. The number of benzene rings is 1. The Kier molecular flexibility index (Phi) is 4.53. The molecular formula is C9H12FNO4. The Balaban J connectivity index is 0.00000196. The van der Waals surface area contributed by atoms with Crippen LogP contribution < -0.4 is 5.73 Å². The molecule has 0 radical (unpaired) electrons. The molecule has 1 atom stereocenters. The van der Waals surface area contributed by atoms with Crippen LogP contribution in [0.4, 0.5) is 4.70 Å². The quantitative estimate of drug-likeness (QED) is 0.540. The van der Waals surface area contributed by atoms with Crippen molar-refractivity contribution in [1.82, 2.24) is 0 Å². The zero-order valence-electron chi connectivity index (χ0n) is 7.75. The Bertz CT molecular complexity index is 356. The van der Waals surface area contributed by atoms with Crippen LogP contribution in [-0.4, -0.2) is 27.3 Å². The molecule has 0 spiro atoms. The third-order valence-corrected chi connectivity index (χ3v) is 1.81. The Labute approximate surface area is 85.1 Å². The molecule has 0 bridgehead atoms. The predicted octanol–water partition coefficient (Wildman–Crippen LogP) is 0.205. The lowest BCUT2D eigenvalue weighted by Gasteiger charge is -2.06. The molecule has 0 fully saturated rings. The fraction of sp³-hybridized carbons (Fsp3) is 0.222. The summed E-state index contributed by atoms with van der Waals surface area (Å²) in [5.74, 6) is -1.62. The summed E-state index contributed by atoms with van der Waals surface area (Å²) in [5, 5.41) is 26.6. The second kappa shape index (κ2) is 5.16. The van der Waals surface area contributed by atoms with Gasteiger partial charge in [0.1, 0.15) is 6.04 Å². The van der Waals surface area contributed by atoms with Crippen molar-refractivity contribution in [3.05, 3.63) is 23.8 Å². The Morgan fingerprint density at radius 3 is 2.40 bits per heavy atom. The maximum Gasteiger partial charge on any atom is 0.320 e. The van der Waals surface area contributed by atoms with Gasteiger partial charge in [0.2, 0.25) is 0 Å². The van der Waals surface area contributed by atoms with Gasteiger partial charge in [0.25, 0.3) is 0 Å². The molecule has 0 saturated carbocycles. The van der Waals surface area contributed by atoms with E-state index >= 15 is 0 Å². The number of carboxylic acid groups (broad SMARTS) is 1. The van der Waals surface area contributed by atoms with E-state index in [4.69, 9.17) is 21.1 Å². The van der Waals surface area contributed by atoms with Gasteiger partial charge in [-0.2, -0.15) is 0 Å². The van der Waals surface area contributed by atoms with Crippen molar-refractivity contribution in [2.75, 3.05) is 0 Å². The predicted molar refractivity (Wildman–Crippen MR) is 51.6 cm³/mol. The monoisotopic (exact) mass is 216 g/mol. The maximum atomic E-state index is 10.4. The molecule has 1 aromatic carbocycles. The van der Waals surface area contributed by atoms with E-state index in [1.807, 2.05) is 0 Å². The molecule has 0 aliphatic heterocycles. The number of carbonyl (C=O) groups is 1. The molecule has 0 aliphatic carbocycles. The normalized spacial score (nSPS) is 11.5. The molecule has 0 aliphatic rings. The minimum Gasteiger partial charge on any atom is -0.504 e. The van der Waals surface area contributed by atoms with E-state index in [2.05, 4.69) is 0 Å². The first kappa shape index (κ1) is 13.2. The summed E-state index contributed by atoms with van der Waals surface area (Å²) in [4.78, 5) is 10.4. The molecule has 0 aromatic heterocycles. The lowest BCUT2D eigenvalue weighted by atomic mass is 10.1. The van der Waals surface area contributed by atoms with Crippen LogP contribution in [0.2, 0.25) is 0 Å². The largest absolute Gasteiger partial charge is 0.504 e. The number of phenols is 2. The highest BCUT2D eigenvalue weighted by molar-refractivity contribution is 5.73. The Morgan fingerprint density at radius 1 is 1.33 bits per heavy atom. The van der Waals surface area contributed by atoms with Crippen molar-refractivity contribution in [1.29, 1.82) is 0 Å². The molecule has 0 amide bonds. The number of carboxylic acids is 1. The summed E-state index contributed by atoms with van der Waals surface area (Å²) in [7, 11) is 0. The number of aromatic hydroxyl groups is 2. The van der Waals surface area contributed by atoms with E-state index in [1.165, 1.54) is 18.2 Å². The fourth-order valence-corrected chi connectivity index (χ4v) is 1.04. The Hall–Kier alpha value is -1.82. The van der Waals surface area contributed by atoms with Gasteiger partial charge < -0.3 is 21.1 Å². The minimum absolute atomic E-state index is 0. The molecule has 15 heavy (non-hydrogen) atoms. The zero-order chi connectivity index (χ0) is 10.7. The van der Waals surface area contributed by atoms with Gasteiger partial charge in [-0.3, -0.25) is 9.50 Å². The molecule has 6 heteroatoms. The van der Waals surface area contributed by atoms with E-state index < -0.39 is 12.0 Å². The van der Waals surface area contributed by atoms with E-state index in [0.717, 1.165) is 0 Å². The standard InChI is InChI=1S/C9H11NO4.FH/c10-6(9(13)14)3-5-1-2-7(11)8(12)4-5;/h1-2,4,6,11-12H,3,10H2,(H,13,14);1H/t6-;/m1./s1/i;1-1. The fourth-order valence-electron chi connectivity index (χ4n) is 1.04. The lowest BCUT2D eigenvalue weighted by Crippen LogP contribution is -2.32. The highest BCUT2D eigenvalue weighted by atomic mass is 18.0. The molecule has 1 aromatic rings. The highest BCUT2D eigenvalue weighted by Gasteiger charge is 2.12. The van der Waals surface area contributed by atoms with E-state index in [0.29, 0.717) is 5.56 Å². The van der Waals surface area contributed by atoms with E-state index in [1.54, 1.807) is 0 Å². The van der Waals surface area contributed by atoms with Gasteiger partial charge in [0, 0.05) is 0 Å². The van der Waals surface area contributed by atoms with Crippen molar-refractivity contribution in [2.24, 2.45) is 5.73 Å². The third kappa shape index (κ3) is 3.43. The lowest BCUT2D eigenvalue weighted by molar-refractivity contribution is -0.138. The van der Waals surface area contributed by atoms with Gasteiger partial charge in [-0.1, -0.05) is 6.07 Å². The summed E-state index contributed by atoms with van der Waals surface area (Å²) in [6, 6.07) is 3.09. The van der Waals surface area contributed by atoms with Crippen molar-refractivity contribution < 1.29 is 24.8 Å². The molecule has 0 saturated heterocycles. The van der Waals surface area contributed by atoms with Gasteiger partial charge in [0.05, 0.1) is 0 Å². The number of halogens is 1. The Morgan fingerprint density at radius 2 is 1.93 bits per heavy atom. The summed E-state index contributed by atoms with van der Waals surface area (Å²) in [6.07, 6.45) is 0.114. The minimum atomic E-state index is -1.10. The smallest absolute Gasteiger partial charge is 0.320 e. The second-order valence-electron chi connectivity index (χ2n) is 2.97. The van der Waals surface area contributed by atoms with Crippen LogP contribution in [0.1, 0.15) is 5.56 Å². The van der Waals surface area contributed by atoms with Gasteiger partial charge >= 0.3 is 5.97 Å². The van der Waals surface area contributed by atoms with Gasteiger partial charge in [-0.15, -0.1) is 0 Å². The number of hydrogen-bond donors (Lipinski definition) is 4. The zero-order valence-corrected chi connectivity index (χ0v) is 7.75. The first-order valence-corrected chi connectivity index (χ1v) is 4.00. The number of phenolic OH excluding ortho intramolecular Hbond substituents is 2. The van der Waals surface area contributed by atoms with Crippen LogP contribution in [-0.2, 0) is 11.2 Å². The van der Waals surface area contributed by atoms with Crippen LogP contribution in [0.25, 0.3) is 0 Å². The number of rotatable bonds is 3. The molecule has 5 N–H and O–H groups in total. The highest BCUT2D eigenvalue weighted by Crippen LogP contribution is 2.25. The summed E-state index contributed by atoms with van der Waals surface area (Å²) in [5.41, 5.74) is 5.86. The molecular weight excluding hydrogens is 204 g/mol. The van der Waals surface area contributed by atoms with Crippen molar-refractivity contribution in [2.45, 2.75) is 12.5 Å². The average molecular weight is 216 g/mol. The summed E-state index contributed by atoms with van der Waals surface area (Å²) in [6.45, 7) is 0. The summed E-state index contributed by atoms with van der Waals surface area (Å²) >= 11 is 0. The number of hydrogen-bond acceptors (Lipinski definition) is 4. The SMILES string of the molecule is N[C@H](Cc1ccc(O)c(O)c1)C(=O)O.[18FH]. The van der Waals surface area contributed by atoms with Crippen LogP contribution in [0, 0.1) is 0 Å². The van der Waals surface area contributed by atoms with Gasteiger partial charge in [0.15, 0.2) is 11.5 Å². The molecule has 5 nitrogen and oxygen atoms in total. The molecule has 0 heterocycles. The second-order valence-corrected chi connectivity index (χ2v) is 2.97. The average Bonchev–Trinajstić information content (AvgIpc) is 2.11. The van der Waals surface area contributed by atoms with Crippen LogP contribution in [0.5, 0.6) is 11.5 Å². The topological polar surface area (TPSA) is 104 Å². The van der Waals surface area contributed by atoms with Crippen molar-refractivity contribution in [3.8, 4) is 11.5 Å². The third-order valence-electron chi connectivity index (χ3n) is 1.81. The number of aliphatic carboxylic acids is 1. The van der Waals surface area contributed by atoms with Crippen molar-refractivity contribution in [3.63, 3.8) is 0 Å². The van der Waals surface area contributed by atoms with E-state index in [9.17, 15) is 4.79 Å². The summed E-state index contributed by atoms with van der Waals surface area (Å²) < 4.78 is 0. The first-order valence-electron chi connectivity index (χ1n) is 4.00. The van der Waals surface area contributed by atoms with E-state index in [-0.39, 0.29) is 22.6 Å². The number of nitrogens with two attached hydrogens (primary N) is 1. The van der Waals surface area contributed by atoms with Gasteiger partial charge in [-0.25, -0.2) is 0 Å². The van der Waals surface area contributed by atoms with Crippen LogP contribution in [0.15, 0.2) is 18.2 Å². The van der Waals surface area contributed by atoms with Crippen LogP contribution >= 0.6 is 0 Å².